The molecule has 0 amide bonds. The molecule has 0 N–H and O–H groups in total. The molecule has 2 fully saturated rings. The Hall–Kier alpha value is -4.20. The molecule has 3 aromatic rings. The Morgan fingerprint density at radius 2 is 1.95 bits per heavy atom. The number of hydrogen-bond donors (Lipinski definition) is 0. The molecule has 5 heterocycles. The van der Waals surface area contributed by atoms with Gasteiger partial charge in [-0.05, 0) is 23.8 Å². The fourth-order valence-electron chi connectivity index (χ4n) is 4.91. The maximum Gasteiger partial charge on any atom is 0.184 e. The van der Waals surface area contributed by atoms with Gasteiger partial charge < -0.3 is 19.3 Å². The van der Waals surface area contributed by atoms with Gasteiger partial charge in [-0.3, -0.25) is 4.90 Å². The van der Waals surface area contributed by atoms with Gasteiger partial charge in [0.2, 0.25) is 0 Å². The van der Waals surface area contributed by atoms with Gasteiger partial charge in [0.1, 0.15) is 11.9 Å². The maximum atomic E-state index is 9.71. The van der Waals surface area contributed by atoms with Crippen LogP contribution >= 0.6 is 0 Å². The molecule has 0 bridgehead atoms. The number of rotatable bonds is 7. The van der Waals surface area contributed by atoms with Crippen LogP contribution in [0.4, 0.5) is 11.5 Å². The average molecular weight is 527 g/mol. The third-order valence-electron chi connectivity index (χ3n) is 7.23. The highest BCUT2D eigenvalue weighted by Crippen LogP contribution is 2.32. The molecule has 202 valence electrons. The Bertz CT molecular complexity index is 1410. The topological polar surface area (TPSA) is 94.5 Å². The molecule has 10 nitrogen and oxygen atoms in total. The number of aliphatic imine (C=N–C) groups is 1. The van der Waals surface area contributed by atoms with Crippen LogP contribution in [-0.4, -0.2) is 91.5 Å². The number of nitrogens with zero attached hydrogens (tertiary/aromatic N) is 8. The van der Waals surface area contributed by atoms with Crippen LogP contribution in [0.3, 0.4) is 0 Å². The molecule has 5 rings (SSSR count). The fourth-order valence-corrected chi connectivity index (χ4v) is 4.91. The van der Waals surface area contributed by atoms with Gasteiger partial charge in [0.15, 0.2) is 5.90 Å². The standard InChI is InChI=1S/C29H34N8O2/c1-4-23(17-31-22(2)38-3)20-34-7-9-36(10-8-34)28-6-5-24(18-32-28)27-15-26(35-11-13-39-14-12-35)21-37-29(27)25(16-30)19-33-37/h4-6,15,17-19,21H,1,7-14,20H2,2-3H3/b23-17+,31-22?. The van der Waals surface area contributed by atoms with Crippen molar-refractivity contribution in [3.63, 3.8) is 0 Å². The van der Waals surface area contributed by atoms with Crippen molar-refractivity contribution in [3.8, 4) is 17.2 Å². The van der Waals surface area contributed by atoms with Crippen molar-refractivity contribution in [2.75, 3.05) is 75.9 Å². The summed E-state index contributed by atoms with van der Waals surface area (Å²) in [5, 5.41) is 14.2. The van der Waals surface area contributed by atoms with E-state index in [2.05, 4.69) is 55.6 Å². The first-order valence-electron chi connectivity index (χ1n) is 13.2. The number of fused-ring (bicyclic) bond motifs is 1. The first kappa shape index (κ1) is 26.4. The SMILES string of the molecule is C=C/C(=C\N=C(C)OC)CN1CCN(c2ccc(-c3cc(N4CCOCC4)cn4ncc(C#N)c34)cn2)CC1. The summed E-state index contributed by atoms with van der Waals surface area (Å²) in [4.78, 5) is 16.1. The van der Waals surface area contributed by atoms with Crippen molar-refractivity contribution < 1.29 is 9.47 Å². The van der Waals surface area contributed by atoms with Crippen molar-refractivity contribution in [3.05, 3.63) is 66.8 Å². The van der Waals surface area contributed by atoms with Crippen LogP contribution < -0.4 is 9.80 Å². The van der Waals surface area contributed by atoms with Crippen LogP contribution in [0.2, 0.25) is 0 Å². The molecule has 0 aliphatic carbocycles. The molecule has 39 heavy (non-hydrogen) atoms. The number of piperazine rings is 1. The van der Waals surface area contributed by atoms with Crippen LogP contribution in [-0.2, 0) is 9.47 Å². The number of nitriles is 1. The Labute approximate surface area is 229 Å². The number of anilines is 2. The molecule has 0 aromatic carbocycles. The zero-order valence-electron chi connectivity index (χ0n) is 22.6. The molecule has 0 saturated carbocycles. The van der Waals surface area contributed by atoms with E-state index in [1.165, 1.54) is 0 Å². The average Bonchev–Trinajstić information content (AvgIpc) is 3.42. The number of aromatic nitrogens is 3. The second-order valence-corrected chi connectivity index (χ2v) is 9.60. The summed E-state index contributed by atoms with van der Waals surface area (Å²) >= 11 is 0. The Morgan fingerprint density at radius 1 is 1.15 bits per heavy atom. The third-order valence-corrected chi connectivity index (χ3v) is 7.23. The van der Waals surface area contributed by atoms with Gasteiger partial charge in [0.05, 0.1) is 49.5 Å². The number of pyridine rings is 2. The number of morpholine rings is 1. The molecular weight excluding hydrogens is 492 g/mol. The second-order valence-electron chi connectivity index (χ2n) is 9.60. The quantitative estimate of drug-likeness (QED) is 0.263. The van der Waals surface area contributed by atoms with Gasteiger partial charge in [0, 0.05) is 76.3 Å². The fraction of sp³-hybridized carbons (Fsp3) is 0.379. The van der Waals surface area contributed by atoms with E-state index in [-0.39, 0.29) is 0 Å². The largest absolute Gasteiger partial charge is 0.484 e. The van der Waals surface area contributed by atoms with Crippen molar-refractivity contribution in [1.82, 2.24) is 19.5 Å². The van der Waals surface area contributed by atoms with Crippen molar-refractivity contribution in [1.29, 1.82) is 5.26 Å². The maximum absolute atomic E-state index is 9.71. The predicted molar refractivity (Wildman–Crippen MR) is 153 cm³/mol. The first-order chi connectivity index (χ1) is 19.1. The van der Waals surface area contributed by atoms with E-state index in [0.29, 0.717) is 24.7 Å². The molecule has 0 atom stereocenters. The minimum atomic E-state index is 0.551. The normalized spacial score (nSPS) is 17.4. The van der Waals surface area contributed by atoms with E-state index in [4.69, 9.17) is 14.5 Å². The van der Waals surface area contributed by atoms with E-state index in [9.17, 15) is 5.26 Å². The molecule has 2 aliphatic rings. The van der Waals surface area contributed by atoms with E-state index in [0.717, 1.165) is 79.5 Å². The summed E-state index contributed by atoms with van der Waals surface area (Å²) in [6, 6.07) is 8.59. The minimum Gasteiger partial charge on any atom is -0.484 e. The summed E-state index contributed by atoms with van der Waals surface area (Å²) in [5.41, 5.74) is 5.38. The predicted octanol–water partition coefficient (Wildman–Crippen LogP) is 3.36. The van der Waals surface area contributed by atoms with Crippen molar-refractivity contribution in [2.24, 2.45) is 4.99 Å². The van der Waals surface area contributed by atoms with Crippen molar-refractivity contribution in [2.45, 2.75) is 6.92 Å². The lowest BCUT2D eigenvalue weighted by Gasteiger charge is -2.35. The molecule has 3 aromatic heterocycles. The lowest BCUT2D eigenvalue weighted by atomic mass is 10.0. The molecule has 0 unspecified atom stereocenters. The van der Waals surface area contributed by atoms with Gasteiger partial charge in [-0.15, -0.1) is 0 Å². The van der Waals surface area contributed by atoms with E-state index >= 15 is 0 Å². The van der Waals surface area contributed by atoms with Crippen molar-refractivity contribution >= 4 is 22.9 Å². The Balaban J connectivity index is 1.31. The highest BCUT2D eigenvalue weighted by molar-refractivity contribution is 5.86. The molecule has 2 saturated heterocycles. The zero-order valence-corrected chi connectivity index (χ0v) is 22.6. The lowest BCUT2D eigenvalue weighted by Crippen LogP contribution is -2.47. The number of hydrogen-bond acceptors (Lipinski definition) is 9. The van der Waals surface area contributed by atoms with Crippen LogP contribution in [0, 0.1) is 11.3 Å². The van der Waals surface area contributed by atoms with Gasteiger partial charge in [0.25, 0.3) is 0 Å². The second kappa shape index (κ2) is 12.1. The Morgan fingerprint density at radius 3 is 2.62 bits per heavy atom. The monoisotopic (exact) mass is 526 g/mol. The number of ether oxygens (including phenoxy) is 2. The van der Waals surface area contributed by atoms with E-state index in [1.807, 2.05) is 31.6 Å². The highest BCUT2D eigenvalue weighted by atomic mass is 16.5. The Kier molecular flexibility index (Phi) is 8.20. The molecule has 0 spiro atoms. The van der Waals surface area contributed by atoms with E-state index in [1.54, 1.807) is 17.8 Å². The number of methoxy groups -OCH3 is 1. The van der Waals surface area contributed by atoms with Crippen LogP contribution in [0.5, 0.6) is 0 Å². The van der Waals surface area contributed by atoms with Crippen LogP contribution in [0.25, 0.3) is 16.6 Å². The summed E-state index contributed by atoms with van der Waals surface area (Å²) < 4.78 is 12.4. The summed E-state index contributed by atoms with van der Waals surface area (Å²) in [5.74, 6) is 1.58. The third kappa shape index (κ3) is 5.95. The van der Waals surface area contributed by atoms with Gasteiger partial charge in [-0.2, -0.15) is 10.4 Å². The molecule has 10 heteroatoms. The van der Waals surface area contributed by atoms with Gasteiger partial charge >= 0.3 is 0 Å². The molecular formula is C29H34N8O2. The van der Waals surface area contributed by atoms with E-state index < -0.39 is 0 Å². The lowest BCUT2D eigenvalue weighted by molar-refractivity contribution is 0.122. The zero-order chi connectivity index (χ0) is 27.2. The minimum absolute atomic E-state index is 0.551. The summed E-state index contributed by atoms with van der Waals surface area (Å²) in [6.45, 7) is 13.2. The van der Waals surface area contributed by atoms with Crippen LogP contribution in [0.15, 0.2) is 66.2 Å². The molecule has 2 aliphatic heterocycles. The summed E-state index contributed by atoms with van der Waals surface area (Å²) in [7, 11) is 1.62. The smallest absolute Gasteiger partial charge is 0.184 e. The first-order valence-corrected chi connectivity index (χ1v) is 13.2. The highest BCUT2D eigenvalue weighted by Gasteiger charge is 2.20. The summed E-state index contributed by atoms with van der Waals surface area (Å²) in [6.07, 6.45) is 9.19. The van der Waals surface area contributed by atoms with Gasteiger partial charge in [-0.1, -0.05) is 12.7 Å². The van der Waals surface area contributed by atoms with Gasteiger partial charge in [-0.25, -0.2) is 14.5 Å². The molecule has 0 radical (unpaired) electrons. The van der Waals surface area contributed by atoms with Crippen LogP contribution in [0.1, 0.15) is 12.5 Å².